The molecule has 0 aliphatic heterocycles. The van der Waals surface area contributed by atoms with Gasteiger partial charge in [0.25, 0.3) is 0 Å². The Morgan fingerprint density at radius 2 is 1.90 bits per heavy atom. The summed E-state index contributed by atoms with van der Waals surface area (Å²) in [4.78, 5) is 13.7. The van der Waals surface area contributed by atoms with Gasteiger partial charge >= 0.3 is 5.97 Å². The van der Waals surface area contributed by atoms with Crippen LogP contribution in [0.1, 0.15) is 44.9 Å². The van der Waals surface area contributed by atoms with Gasteiger partial charge in [0.05, 0.1) is 18.2 Å². The van der Waals surface area contributed by atoms with Gasteiger partial charge in [0, 0.05) is 6.04 Å². The van der Waals surface area contributed by atoms with E-state index in [1.54, 1.807) is 12.1 Å². The molecule has 4 nitrogen and oxygen atoms in total. The number of nitriles is 1. The summed E-state index contributed by atoms with van der Waals surface area (Å²) >= 11 is 0. The van der Waals surface area contributed by atoms with Crippen LogP contribution >= 0.6 is 0 Å². The zero-order chi connectivity index (χ0) is 15.3. The molecule has 0 bridgehead atoms. The van der Waals surface area contributed by atoms with E-state index >= 15 is 0 Å². The van der Waals surface area contributed by atoms with E-state index in [-0.39, 0.29) is 18.6 Å². The highest BCUT2D eigenvalue weighted by Crippen LogP contribution is 2.19. The molecule has 0 spiro atoms. The molecule has 1 atom stereocenters. The molecule has 108 valence electrons. The molecule has 0 heterocycles. The minimum Gasteiger partial charge on any atom is -0.459 e. The van der Waals surface area contributed by atoms with Crippen molar-refractivity contribution in [3.05, 3.63) is 35.4 Å². The van der Waals surface area contributed by atoms with Gasteiger partial charge in [-0.2, -0.15) is 5.26 Å². The van der Waals surface area contributed by atoms with Crippen LogP contribution in [0.15, 0.2) is 24.3 Å². The Labute approximate surface area is 121 Å². The zero-order valence-corrected chi connectivity index (χ0v) is 12.8. The summed E-state index contributed by atoms with van der Waals surface area (Å²) in [5, 5.41) is 8.78. The summed E-state index contributed by atoms with van der Waals surface area (Å²) in [6.45, 7) is 7.82. The number of benzene rings is 1. The summed E-state index contributed by atoms with van der Waals surface area (Å²) in [5.41, 5.74) is 1.24. The molecule has 0 aliphatic carbocycles. The van der Waals surface area contributed by atoms with E-state index < -0.39 is 5.60 Å². The molecule has 0 saturated heterocycles. The van der Waals surface area contributed by atoms with Gasteiger partial charge in [0.15, 0.2) is 0 Å². The van der Waals surface area contributed by atoms with Crippen LogP contribution in [-0.4, -0.2) is 30.1 Å². The van der Waals surface area contributed by atoms with Crippen LogP contribution in [0, 0.1) is 11.3 Å². The van der Waals surface area contributed by atoms with Crippen molar-refractivity contribution in [2.24, 2.45) is 0 Å². The number of ether oxygens (including phenoxy) is 1. The van der Waals surface area contributed by atoms with Crippen molar-refractivity contribution in [2.45, 2.75) is 39.3 Å². The smallest absolute Gasteiger partial charge is 0.320 e. The molecule has 0 amide bonds. The fourth-order valence-corrected chi connectivity index (χ4v) is 1.80. The second-order valence-corrected chi connectivity index (χ2v) is 5.91. The van der Waals surface area contributed by atoms with Crippen LogP contribution < -0.4 is 0 Å². The predicted octanol–water partition coefficient (Wildman–Crippen LogP) is 2.89. The van der Waals surface area contributed by atoms with Crippen LogP contribution in [0.4, 0.5) is 0 Å². The van der Waals surface area contributed by atoms with Crippen molar-refractivity contribution >= 4 is 5.97 Å². The molecule has 20 heavy (non-hydrogen) atoms. The van der Waals surface area contributed by atoms with Crippen molar-refractivity contribution in [1.82, 2.24) is 4.90 Å². The number of carbonyl (C=O) groups is 1. The maximum Gasteiger partial charge on any atom is 0.320 e. The van der Waals surface area contributed by atoms with Crippen LogP contribution in [0.25, 0.3) is 0 Å². The Kier molecular flexibility index (Phi) is 5.29. The normalized spacial score (nSPS) is 12.8. The Hall–Kier alpha value is -1.86. The lowest BCUT2D eigenvalue weighted by Crippen LogP contribution is -2.34. The maximum absolute atomic E-state index is 11.8. The molecule has 0 fully saturated rings. The van der Waals surface area contributed by atoms with Crippen molar-refractivity contribution in [2.75, 3.05) is 13.6 Å². The average molecular weight is 274 g/mol. The number of hydrogen-bond donors (Lipinski definition) is 0. The lowest BCUT2D eigenvalue weighted by molar-refractivity contribution is -0.156. The van der Waals surface area contributed by atoms with E-state index in [2.05, 4.69) is 6.07 Å². The Bertz CT molecular complexity index is 495. The van der Waals surface area contributed by atoms with Gasteiger partial charge in [-0.3, -0.25) is 9.69 Å². The minimum absolute atomic E-state index is 0.0789. The van der Waals surface area contributed by atoms with Crippen molar-refractivity contribution in [3.8, 4) is 6.07 Å². The summed E-state index contributed by atoms with van der Waals surface area (Å²) < 4.78 is 5.31. The average Bonchev–Trinajstić information content (AvgIpc) is 2.35. The highest BCUT2D eigenvalue weighted by atomic mass is 16.6. The third-order valence-corrected chi connectivity index (χ3v) is 2.98. The molecule has 1 rings (SSSR count). The van der Waals surface area contributed by atoms with Gasteiger partial charge in [-0.15, -0.1) is 0 Å². The fourth-order valence-electron chi connectivity index (χ4n) is 1.80. The molecule has 0 aliphatic rings. The van der Waals surface area contributed by atoms with Gasteiger partial charge in [0.2, 0.25) is 0 Å². The van der Waals surface area contributed by atoms with E-state index in [4.69, 9.17) is 10.00 Å². The monoisotopic (exact) mass is 274 g/mol. The Balaban J connectivity index is 2.64. The maximum atomic E-state index is 11.8. The molecule has 4 heteroatoms. The van der Waals surface area contributed by atoms with Gasteiger partial charge in [-0.05, 0) is 52.4 Å². The third-order valence-electron chi connectivity index (χ3n) is 2.98. The predicted molar refractivity (Wildman–Crippen MR) is 78.0 cm³/mol. The molecular formula is C16H22N2O2. The van der Waals surface area contributed by atoms with Gasteiger partial charge < -0.3 is 4.74 Å². The van der Waals surface area contributed by atoms with Crippen molar-refractivity contribution in [3.63, 3.8) is 0 Å². The molecular weight excluding hydrogens is 252 g/mol. The van der Waals surface area contributed by atoms with Crippen molar-refractivity contribution < 1.29 is 9.53 Å². The topological polar surface area (TPSA) is 53.3 Å². The number of rotatable bonds is 4. The summed E-state index contributed by atoms with van der Waals surface area (Å²) in [5.74, 6) is -0.236. The van der Waals surface area contributed by atoms with Crippen LogP contribution in [-0.2, 0) is 9.53 Å². The molecule has 0 unspecified atom stereocenters. The number of likely N-dealkylation sites (N-methyl/N-ethyl adjacent to an activating group) is 1. The fraction of sp³-hybridized carbons (Fsp3) is 0.500. The summed E-state index contributed by atoms with van der Waals surface area (Å²) in [7, 11) is 1.88. The quantitative estimate of drug-likeness (QED) is 0.792. The largest absolute Gasteiger partial charge is 0.459 e. The lowest BCUT2D eigenvalue weighted by atomic mass is 10.1. The van der Waals surface area contributed by atoms with Gasteiger partial charge in [-0.1, -0.05) is 12.1 Å². The highest BCUT2D eigenvalue weighted by molar-refractivity contribution is 5.72. The lowest BCUT2D eigenvalue weighted by Gasteiger charge is -2.26. The number of nitrogens with zero attached hydrogens (tertiary/aromatic N) is 2. The molecule has 0 N–H and O–H groups in total. The van der Waals surface area contributed by atoms with Gasteiger partial charge in [0.1, 0.15) is 5.60 Å². The first-order valence-electron chi connectivity index (χ1n) is 6.65. The van der Waals surface area contributed by atoms with Crippen molar-refractivity contribution in [1.29, 1.82) is 5.26 Å². The highest BCUT2D eigenvalue weighted by Gasteiger charge is 2.20. The first-order chi connectivity index (χ1) is 9.23. The molecule has 0 radical (unpaired) electrons. The standard InChI is InChI=1S/C16H22N2O2/c1-12(14-8-6-13(10-17)7-9-14)18(5)11-15(19)20-16(2,3)4/h6-9,12H,11H2,1-5H3/t12-/m0/s1. The first kappa shape index (κ1) is 16.2. The van der Waals surface area contributed by atoms with E-state index in [1.807, 2.05) is 51.8 Å². The minimum atomic E-state index is -0.463. The number of carbonyl (C=O) groups excluding carboxylic acids is 1. The Morgan fingerprint density at radius 3 is 2.35 bits per heavy atom. The second-order valence-electron chi connectivity index (χ2n) is 5.91. The molecule has 1 aromatic carbocycles. The van der Waals surface area contributed by atoms with E-state index in [9.17, 15) is 4.79 Å². The SMILES string of the molecule is C[C@@H](c1ccc(C#N)cc1)N(C)CC(=O)OC(C)(C)C. The van der Waals surface area contributed by atoms with E-state index in [0.717, 1.165) is 5.56 Å². The molecule has 1 aromatic rings. The van der Waals surface area contributed by atoms with Crippen LogP contribution in [0.2, 0.25) is 0 Å². The van der Waals surface area contributed by atoms with Crippen LogP contribution in [0.3, 0.4) is 0 Å². The van der Waals surface area contributed by atoms with E-state index in [0.29, 0.717) is 5.56 Å². The summed E-state index contributed by atoms with van der Waals surface area (Å²) in [6, 6.07) is 9.56. The third kappa shape index (κ3) is 5.02. The Morgan fingerprint density at radius 1 is 1.35 bits per heavy atom. The van der Waals surface area contributed by atoms with Crippen LogP contribution in [0.5, 0.6) is 0 Å². The number of esters is 1. The van der Waals surface area contributed by atoms with E-state index in [1.165, 1.54) is 0 Å². The summed E-state index contributed by atoms with van der Waals surface area (Å²) in [6.07, 6.45) is 0. The molecule has 0 aromatic heterocycles. The number of hydrogen-bond acceptors (Lipinski definition) is 4. The molecule has 0 saturated carbocycles. The van der Waals surface area contributed by atoms with Gasteiger partial charge in [-0.25, -0.2) is 0 Å². The first-order valence-corrected chi connectivity index (χ1v) is 6.65. The second kappa shape index (κ2) is 6.53. The zero-order valence-electron chi connectivity index (χ0n) is 12.8.